The highest BCUT2D eigenvalue weighted by Gasteiger charge is 2.72. The van der Waals surface area contributed by atoms with Crippen LogP contribution in [0.15, 0.2) is 24.0 Å². The van der Waals surface area contributed by atoms with E-state index in [4.69, 9.17) is 23.7 Å². The van der Waals surface area contributed by atoms with Crippen molar-refractivity contribution < 1.29 is 67.8 Å². The number of rotatable bonds is 11. The number of carbonyl (C=O) groups excluding carboxylic acids is 5. The monoisotopic (exact) mass is 645 g/mol. The van der Waals surface area contributed by atoms with Gasteiger partial charge in [-0.25, -0.2) is 14.4 Å². The number of hydrogen-bond acceptors (Lipinski definition) is 14. The van der Waals surface area contributed by atoms with Gasteiger partial charge in [0.15, 0.2) is 23.7 Å². The SMILES string of the molecule is CC(=O)C[C@@H](OC(=O)[C@H](C)OC(=O)[C@H](CC(=O)OC1=CC[C@@]2(O)[C@H]3Cc4ccc(O)c5c4[C@@]2(CCN3C)[C@H]1O5)OC(C)=O)C(=O)O. The van der Waals surface area contributed by atoms with Crippen LogP contribution in [0.2, 0.25) is 0 Å². The van der Waals surface area contributed by atoms with E-state index < -0.39 is 83.9 Å². The zero-order valence-electron chi connectivity index (χ0n) is 25.6. The Kier molecular flexibility index (Phi) is 8.59. The number of phenols is 1. The predicted molar refractivity (Wildman–Crippen MR) is 151 cm³/mol. The van der Waals surface area contributed by atoms with Gasteiger partial charge < -0.3 is 43.9 Å². The Morgan fingerprint density at radius 1 is 1.04 bits per heavy atom. The maximum Gasteiger partial charge on any atom is 0.348 e. The number of aromatic hydroxyl groups is 1. The molecule has 0 unspecified atom stereocenters. The minimum atomic E-state index is -1.85. The molecule has 2 heterocycles. The third-order valence-corrected chi connectivity index (χ3v) is 9.14. The summed E-state index contributed by atoms with van der Waals surface area (Å²) in [5.74, 6) is -6.56. The molecule has 2 aliphatic heterocycles. The number of carboxylic acids is 1. The molecule has 0 amide bonds. The highest BCUT2D eigenvalue weighted by atomic mass is 16.6. The normalized spacial score (nSPS) is 27.5. The number of phenolic OH excluding ortho intramolecular Hbond substituents is 1. The lowest BCUT2D eigenvalue weighted by molar-refractivity contribution is -0.184. The third-order valence-electron chi connectivity index (χ3n) is 9.14. The van der Waals surface area contributed by atoms with Gasteiger partial charge in [0.2, 0.25) is 12.2 Å². The largest absolute Gasteiger partial charge is 0.504 e. The maximum atomic E-state index is 13.2. The van der Waals surface area contributed by atoms with Crippen LogP contribution in [0.3, 0.4) is 0 Å². The first-order valence-electron chi connectivity index (χ1n) is 14.7. The minimum Gasteiger partial charge on any atom is -0.504 e. The van der Waals surface area contributed by atoms with Gasteiger partial charge in [-0.05, 0) is 58.0 Å². The molecule has 1 saturated heterocycles. The maximum absolute atomic E-state index is 13.2. The minimum absolute atomic E-state index is 0.0542. The molecular formula is C31H35NO14. The predicted octanol–water partition coefficient (Wildman–Crippen LogP) is 0.442. The van der Waals surface area contributed by atoms with Crippen molar-refractivity contribution in [2.75, 3.05) is 13.6 Å². The summed E-state index contributed by atoms with van der Waals surface area (Å²) >= 11 is 0. The molecule has 1 aromatic rings. The van der Waals surface area contributed by atoms with Crippen LogP contribution in [0.25, 0.3) is 0 Å². The molecule has 46 heavy (non-hydrogen) atoms. The number of carbonyl (C=O) groups is 6. The zero-order valence-corrected chi connectivity index (χ0v) is 25.6. The van der Waals surface area contributed by atoms with Crippen molar-refractivity contribution in [1.82, 2.24) is 4.90 Å². The van der Waals surface area contributed by atoms with E-state index in [1.165, 1.54) is 12.1 Å². The Hall–Kier alpha value is -4.50. The number of esters is 4. The second kappa shape index (κ2) is 12.0. The number of aliphatic carboxylic acids is 1. The fourth-order valence-electron chi connectivity index (χ4n) is 7.11. The van der Waals surface area contributed by atoms with Crippen molar-refractivity contribution in [1.29, 1.82) is 0 Å². The molecule has 5 rings (SSSR count). The van der Waals surface area contributed by atoms with Gasteiger partial charge in [-0.2, -0.15) is 0 Å². The molecule has 2 aliphatic carbocycles. The molecule has 0 aromatic heterocycles. The van der Waals surface area contributed by atoms with E-state index in [1.807, 2.05) is 7.05 Å². The van der Waals surface area contributed by atoms with E-state index >= 15 is 0 Å². The number of piperidine rings is 1. The molecule has 15 heteroatoms. The first-order chi connectivity index (χ1) is 21.6. The fourth-order valence-corrected chi connectivity index (χ4v) is 7.11. The van der Waals surface area contributed by atoms with E-state index in [9.17, 15) is 44.1 Å². The van der Waals surface area contributed by atoms with Crippen LogP contribution in [-0.4, -0.2) is 106 Å². The van der Waals surface area contributed by atoms with Gasteiger partial charge in [-0.15, -0.1) is 0 Å². The number of likely N-dealkylation sites (N-methyl/N-ethyl adjacent to an activating group) is 1. The van der Waals surface area contributed by atoms with E-state index in [2.05, 4.69) is 4.90 Å². The second-order valence-electron chi connectivity index (χ2n) is 12.1. The topological polar surface area (TPSA) is 212 Å². The number of benzene rings is 1. The number of ketones is 1. The number of hydrogen-bond donors (Lipinski definition) is 3. The lowest BCUT2D eigenvalue weighted by atomic mass is 9.50. The lowest BCUT2D eigenvalue weighted by Crippen LogP contribution is -2.74. The molecule has 0 radical (unpaired) electrons. The van der Waals surface area contributed by atoms with Gasteiger partial charge in [-0.3, -0.25) is 14.4 Å². The number of ether oxygens (including phenoxy) is 5. The Bertz CT molecular complexity index is 1530. The van der Waals surface area contributed by atoms with E-state index in [0.717, 1.165) is 26.3 Å². The summed E-state index contributed by atoms with van der Waals surface area (Å²) in [5.41, 5.74) is -0.742. The quantitative estimate of drug-likeness (QED) is 0.220. The standard InChI is InChI=1S/C31H35NO14/c1-14(33)11-20(27(37)38)45-28(39)15(2)42-29(40)21(43-16(3)34)13-23(36)44-19-7-8-31(41)22-12-17-5-6-18(35)25-24(17)30(31,26(19)46-25)9-10-32(22)4/h5-7,15,20-22,26,35,41H,8-13H2,1-4H3,(H,37,38)/t15-,20+,21-,22+,26-,30-,31+/m0/s1. The highest BCUT2D eigenvalue weighted by molar-refractivity contribution is 5.88. The summed E-state index contributed by atoms with van der Waals surface area (Å²) in [4.78, 5) is 75.0. The Labute approximate surface area is 263 Å². The smallest absolute Gasteiger partial charge is 0.348 e. The first kappa shape index (κ1) is 32.9. The molecule has 15 nitrogen and oxygen atoms in total. The van der Waals surface area contributed by atoms with Crippen molar-refractivity contribution in [3.63, 3.8) is 0 Å². The van der Waals surface area contributed by atoms with Crippen LogP contribution in [-0.2, 0) is 59.6 Å². The van der Waals surface area contributed by atoms with Gasteiger partial charge in [0, 0.05) is 24.9 Å². The summed E-state index contributed by atoms with van der Waals surface area (Å²) in [6, 6.07) is 3.05. The molecule has 1 aromatic carbocycles. The van der Waals surface area contributed by atoms with Crippen molar-refractivity contribution in [2.24, 2.45) is 0 Å². The highest BCUT2D eigenvalue weighted by Crippen LogP contribution is 2.65. The van der Waals surface area contributed by atoms with E-state index in [1.54, 1.807) is 6.07 Å². The van der Waals surface area contributed by atoms with Crippen LogP contribution < -0.4 is 4.74 Å². The first-order valence-corrected chi connectivity index (χ1v) is 14.7. The number of aliphatic hydroxyl groups is 1. The number of Topliss-reactive ketones (excluding diaryl/α,β-unsaturated/α-hetero) is 1. The van der Waals surface area contributed by atoms with E-state index in [-0.39, 0.29) is 29.7 Å². The van der Waals surface area contributed by atoms with Crippen LogP contribution in [0.1, 0.15) is 57.6 Å². The Balaban J connectivity index is 1.32. The van der Waals surface area contributed by atoms with Crippen molar-refractivity contribution in [3.8, 4) is 11.5 Å². The molecular weight excluding hydrogens is 610 g/mol. The average molecular weight is 646 g/mol. The molecule has 3 N–H and O–H groups in total. The molecule has 2 bridgehead atoms. The summed E-state index contributed by atoms with van der Waals surface area (Å²) < 4.78 is 26.7. The van der Waals surface area contributed by atoms with Crippen molar-refractivity contribution >= 4 is 35.6 Å². The number of carboxylic acid groups (broad SMARTS) is 1. The van der Waals surface area contributed by atoms with Crippen LogP contribution in [0, 0.1) is 0 Å². The molecule has 248 valence electrons. The van der Waals surface area contributed by atoms with Crippen molar-refractivity contribution in [3.05, 3.63) is 35.1 Å². The van der Waals surface area contributed by atoms with Gasteiger partial charge in [0.05, 0.1) is 23.9 Å². The summed E-state index contributed by atoms with van der Waals surface area (Å²) in [5, 5.41) is 32.1. The lowest BCUT2D eigenvalue weighted by Gasteiger charge is -2.61. The molecule has 1 spiro atoms. The van der Waals surface area contributed by atoms with Crippen LogP contribution in [0.4, 0.5) is 0 Å². The fraction of sp³-hybridized carbons (Fsp3) is 0.548. The van der Waals surface area contributed by atoms with Crippen LogP contribution in [0.5, 0.6) is 11.5 Å². The summed E-state index contributed by atoms with van der Waals surface area (Å²) in [7, 11) is 1.93. The molecule has 1 fully saturated rings. The van der Waals surface area contributed by atoms with Gasteiger partial charge in [0.25, 0.3) is 0 Å². The van der Waals surface area contributed by atoms with Gasteiger partial charge in [0.1, 0.15) is 11.5 Å². The molecule has 4 aliphatic rings. The molecule has 7 atom stereocenters. The number of nitrogens with zero attached hydrogens (tertiary/aromatic N) is 1. The second-order valence-corrected chi connectivity index (χ2v) is 12.1. The van der Waals surface area contributed by atoms with Crippen LogP contribution >= 0.6 is 0 Å². The summed E-state index contributed by atoms with van der Waals surface area (Å²) in [6.07, 6.45) is -5.17. The van der Waals surface area contributed by atoms with Gasteiger partial charge in [-0.1, -0.05) is 6.07 Å². The Morgan fingerprint density at radius 2 is 1.76 bits per heavy atom. The van der Waals surface area contributed by atoms with Gasteiger partial charge >= 0.3 is 29.8 Å². The average Bonchev–Trinajstić information content (AvgIpc) is 3.32. The van der Waals surface area contributed by atoms with E-state index in [0.29, 0.717) is 24.9 Å². The third kappa shape index (κ3) is 5.47. The van der Waals surface area contributed by atoms with Crippen molar-refractivity contribution in [2.45, 2.75) is 94.3 Å². The Morgan fingerprint density at radius 3 is 2.41 bits per heavy atom. The molecule has 0 saturated carbocycles. The number of likely N-dealkylation sites (tertiary alicyclic amines) is 1. The zero-order chi connectivity index (χ0) is 33.7. The summed E-state index contributed by atoms with van der Waals surface area (Å²) in [6.45, 7) is 3.77.